The molecule has 0 unspecified atom stereocenters. The van der Waals surface area contributed by atoms with Gasteiger partial charge in [0, 0.05) is 17.5 Å². The molecule has 0 saturated carbocycles. The van der Waals surface area contributed by atoms with E-state index in [2.05, 4.69) is 29.5 Å². The summed E-state index contributed by atoms with van der Waals surface area (Å²) in [5.74, 6) is 2.24. The van der Waals surface area contributed by atoms with Gasteiger partial charge in [-0.15, -0.1) is 0 Å². The molecule has 1 aromatic carbocycles. The third-order valence-corrected chi connectivity index (χ3v) is 4.14. The number of nitrogens with one attached hydrogen (secondary N) is 2. The molecule has 0 atom stereocenters. The molecule has 1 aromatic heterocycles. The zero-order chi connectivity index (χ0) is 18.2. The van der Waals surface area contributed by atoms with E-state index in [9.17, 15) is 0 Å². The van der Waals surface area contributed by atoms with Crippen LogP contribution in [-0.2, 0) is 13.0 Å². The molecule has 0 saturated heterocycles. The first-order chi connectivity index (χ1) is 12.1. The highest BCUT2D eigenvalue weighted by Gasteiger charge is 2.12. The maximum Gasteiger partial charge on any atom is 0.214 e. The van der Waals surface area contributed by atoms with Crippen LogP contribution in [0.15, 0.2) is 12.1 Å². The molecule has 138 valence electrons. The second kappa shape index (κ2) is 9.68. The van der Waals surface area contributed by atoms with Crippen LogP contribution in [0.2, 0.25) is 5.02 Å². The summed E-state index contributed by atoms with van der Waals surface area (Å²) < 4.78 is 13.7. The van der Waals surface area contributed by atoms with Crippen molar-refractivity contribution in [1.82, 2.24) is 14.9 Å². The normalized spacial score (nSPS) is 10.7. The van der Waals surface area contributed by atoms with Gasteiger partial charge in [-0.1, -0.05) is 25.4 Å². The Morgan fingerprint density at radius 1 is 1.20 bits per heavy atom. The molecule has 0 radical (unpaired) electrons. The van der Waals surface area contributed by atoms with Crippen LogP contribution in [0.5, 0.6) is 11.5 Å². The lowest BCUT2D eigenvalue weighted by Gasteiger charge is -2.16. The van der Waals surface area contributed by atoms with Crippen LogP contribution in [0.4, 0.5) is 0 Å². The fourth-order valence-corrected chi connectivity index (χ4v) is 2.79. The molecule has 1 heterocycles. The molecular formula is C17H25ClN4O2S. The summed E-state index contributed by atoms with van der Waals surface area (Å²) in [7, 11) is 0. The average molecular weight is 385 g/mol. The van der Waals surface area contributed by atoms with Crippen LogP contribution in [0, 0.1) is 4.77 Å². The molecular weight excluding hydrogens is 360 g/mol. The van der Waals surface area contributed by atoms with Crippen molar-refractivity contribution in [1.29, 1.82) is 0 Å². The number of hydrogen-bond acceptors (Lipinski definition) is 5. The van der Waals surface area contributed by atoms with E-state index < -0.39 is 0 Å². The topological polar surface area (TPSA) is 64.1 Å². The third-order valence-electron chi connectivity index (χ3n) is 3.52. The van der Waals surface area contributed by atoms with E-state index in [4.69, 9.17) is 33.3 Å². The third kappa shape index (κ3) is 5.12. The first-order valence-electron chi connectivity index (χ1n) is 8.58. The summed E-state index contributed by atoms with van der Waals surface area (Å²) in [5, 5.41) is 7.67. The second-order valence-corrected chi connectivity index (χ2v) is 6.33. The van der Waals surface area contributed by atoms with E-state index in [0.717, 1.165) is 30.7 Å². The minimum Gasteiger partial charge on any atom is -0.490 e. The Bertz CT molecular complexity index is 745. The molecule has 0 fully saturated rings. The highest BCUT2D eigenvalue weighted by molar-refractivity contribution is 7.71. The summed E-state index contributed by atoms with van der Waals surface area (Å²) in [6, 6.07) is 3.72. The molecule has 0 aliphatic carbocycles. The van der Waals surface area contributed by atoms with Gasteiger partial charge in [-0.25, -0.2) is 4.68 Å². The predicted molar refractivity (Wildman–Crippen MR) is 103 cm³/mol. The lowest BCUT2D eigenvalue weighted by Crippen LogP contribution is -2.18. The van der Waals surface area contributed by atoms with Crippen molar-refractivity contribution in [2.24, 2.45) is 0 Å². The first kappa shape index (κ1) is 19.6. The lowest BCUT2D eigenvalue weighted by atomic mass is 10.2. The number of benzene rings is 1. The second-order valence-electron chi connectivity index (χ2n) is 5.54. The van der Waals surface area contributed by atoms with Crippen molar-refractivity contribution in [3.05, 3.63) is 33.3 Å². The molecule has 6 nitrogen and oxygen atoms in total. The van der Waals surface area contributed by atoms with E-state index >= 15 is 0 Å². The van der Waals surface area contributed by atoms with Crippen molar-refractivity contribution >= 4 is 23.8 Å². The first-order valence-corrected chi connectivity index (χ1v) is 9.37. The fourth-order valence-electron chi connectivity index (χ4n) is 2.35. The van der Waals surface area contributed by atoms with Crippen molar-refractivity contribution in [2.75, 3.05) is 18.6 Å². The summed E-state index contributed by atoms with van der Waals surface area (Å²) >= 11 is 11.7. The highest BCUT2D eigenvalue weighted by Crippen LogP contribution is 2.34. The van der Waals surface area contributed by atoms with Crippen LogP contribution in [-0.4, -0.2) is 28.1 Å². The molecule has 2 aromatic rings. The van der Waals surface area contributed by atoms with E-state index in [-0.39, 0.29) is 0 Å². The van der Waals surface area contributed by atoms with Crippen molar-refractivity contribution in [3.8, 4) is 11.5 Å². The largest absolute Gasteiger partial charge is 0.490 e. The molecule has 25 heavy (non-hydrogen) atoms. The highest BCUT2D eigenvalue weighted by atomic mass is 35.5. The van der Waals surface area contributed by atoms with Crippen molar-refractivity contribution < 1.29 is 9.47 Å². The SMILES string of the molecule is CCCOc1cc(Cl)c(CNn2c(CCC)n[nH]c2=S)cc1OCC. The lowest BCUT2D eigenvalue weighted by molar-refractivity contribution is 0.276. The number of hydrogen-bond donors (Lipinski definition) is 2. The zero-order valence-corrected chi connectivity index (χ0v) is 16.5. The Kier molecular flexibility index (Phi) is 7.58. The molecule has 0 bridgehead atoms. The van der Waals surface area contributed by atoms with Crippen LogP contribution in [0.3, 0.4) is 0 Å². The maximum atomic E-state index is 6.43. The van der Waals surface area contributed by atoms with Gasteiger partial charge < -0.3 is 14.9 Å². The Hall–Kier alpha value is -1.73. The van der Waals surface area contributed by atoms with Crippen LogP contribution in [0.1, 0.15) is 45.0 Å². The Balaban J connectivity index is 2.20. The molecule has 0 aliphatic rings. The maximum absolute atomic E-state index is 6.43. The van der Waals surface area contributed by atoms with E-state index in [0.29, 0.717) is 41.1 Å². The van der Waals surface area contributed by atoms with Crippen molar-refractivity contribution in [3.63, 3.8) is 0 Å². The minimum atomic E-state index is 0.498. The molecule has 0 aliphatic heterocycles. The van der Waals surface area contributed by atoms with Crippen LogP contribution < -0.4 is 14.9 Å². The Morgan fingerprint density at radius 3 is 2.64 bits per heavy atom. The zero-order valence-electron chi connectivity index (χ0n) is 14.9. The van der Waals surface area contributed by atoms with Gasteiger partial charge in [0.15, 0.2) is 17.3 Å². The molecule has 2 N–H and O–H groups in total. The van der Waals surface area contributed by atoms with Gasteiger partial charge in [0.1, 0.15) is 0 Å². The van der Waals surface area contributed by atoms with E-state index in [1.54, 1.807) is 10.7 Å². The van der Waals surface area contributed by atoms with Crippen molar-refractivity contribution in [2.45, 2.75) is 46.6 Å². The quantitative estimate of drug-likeness (QED) is 0.591. The molecule has 0 spiro atoms. The molecule has 8 heteroatoms. The number of rotatable bonds is 10. The molecule has 2 rings (SSSR count). The average Bonchev–Trinajstić information content (AvgIpc) is 2.94. The van der Waals surface area contributed by atoms with Crippen LogP contribution in [0.25, 0.3) is 0 Å². The predicted octanol–water partition coefficient (Wildman–Crippen LogP) is 4.48. The number of H-pyrrole nitrogens is 1. The van der Waals surface area contributed by atoms with E-state index in [1.165, 1.54) is 0 Å². The summed E-state index contributed by atoms with van der Waals surface area (Å²) in [6.45, 7) is 7.78. The summed E-state index contributed by atoms with van der Waals surface area (Å²) in [4.78, 5) is 0. The van der Waals surface area contributed by atoms with Gasteiger partial charge in [-0.2, -0.15) is 5.10 Å². The summed E-state index contributed by atoms with van der Waals surface area (Å²) in [5.41, 5.74) is 4.18. The van der Waals surface area contributed by atoms with Gasteiger partial charge in [-0.3, -0.25) is 5.10 Å². The fraction of sp³-hybridized carbons (Fsp3) is 0.529. The van der Waals surface area contributed by atoms with Gasteiger partial charge >= 0.3 is 0 Å². The number of aryl methyl sites for hydroxylation is 1. The van der Waals surface area contributed by atoms with Gasteiger partial charge in [-0.05, 0) is 43.6 Å². The Morgan fingerprint density at radius 2 is 1.96 bits per heavy atom. The van der Waals surface area contributed by atoms with Gasteiger partial charge in [0.05, 0.1) is 19.8 Å². The summed E-state index contributed by atoms with van der Waals surface area (Å²) in [6.07, 6.45) is 2.74. The minimum absolute atomic E-state index is 0.498. The Labute approximate surface area is 158 Å². The smallest absolute Gasteiger partial charge is 0.214 e. The monoisotopic (exact) mass is 384 g/mol. The van der Waals surface area contributed by atoms with E-state index in [1.807, 2.05) is 13.0 Å². The van der Waals surface area contributed by atoms with Gasteiger partial charge in [0.25, 0.3) is 0 Å². The van der Waals surface area contributed by atoms with Crippen LogP contribution >= 0.6 is 23.8 Å². The van der Waals surface area contributed by atoms with Gasteiger partial charge in [0.2, 0.25) is 4.77 Å². The number of halogens is 1. The standard InChI is InChI=1S/C17H25ClN4O2S/c1-4-7-16-20-21-17(25)22(16)19-11-12-9-14(23-6-3)15(10-13(12)18)24-8-5-2/h9-10,19H,4-8,11H2,1-3H3,(H,21,25). The molecule has 0 amide bonds. The number of nitrogens with zero attached hydrogens (tertiary/aromatic N) is 2. The number of aromatic amines is 1. The number of aromatic nitrogens is 3. The number of ether oxygens (including phenoxy) is 2.